The predicted molar refractivity (Wildman–Crippen MR) is 72.3 cm³/mol. The van der Waals surface area contributed by atoms with E-state index >= 15 is 0 Å². The molecule has 1 saturated heterocycles. The first-order chi connectivity index (χ1) is 9.16. The normalized spacial score (nSPS) is 26.6. The summed E-state index contributed by atoms with van der Waals surface area (Å²) in [4.78, 5) is 19.1. The van der Waals surface area contributed by atoms with E-state index < -0.39 is 0 Å². The summed E-state index contributed by atoms with van der Waals surface area (Å²) in [6, 6.07) is 0.442. The van der Waals surface area contributed by atoms with Crippen LogP contribution in [0.5, 0.6) is 0 Å². The van der Waals surface area contributed by atoms with E-state index in [0.29, 0.717) is 24.4 Å². The van der Waals surface area contributed by atoms with Crippen LogP contribution in [0.15, 0.2) is 12.4 Å². The molecule has 0 spiro atoms. The molecule has 0 bridgehead atoms. The molecule has 1 aliphatic carbocycles. The summed E-state index contributed by atoms with van der Waals surface area (Å²) in [5, 5.41) is 3.32. The van der Waals surface area contributed by atoms with Gasteiger partial charge < -0.3 is 14.8 Å². The molecule has 2 aliphatic rings. The van der Waals surface area contributed by atoms with Gasteiger partial charge in [0.15, 0.2) is 0 Å². The molecule has 5 heteroatoms. The fourth-order valence-corrected chi connectivity index (χ4v) is 2.83. The molecule has 2 heterocycles. The van der Waals surface area contributed by atoms with Gasteiger partial charge in [-0.2, -0.15) is 0 Å². The summed E-state index contributed by atoms with van der Waals surface area (Å²) in [6.07, 6.45) is 6.02. The minimum atomic E-state index is 0.140. The molecule has 104 valence electrons. The first-order valence-electron chi connectivity index (χ1n) is 7.14. The van der Waals surface area contributed by atoms with Crippen molar-refractivity contribution in [2.45, 2.75) is 32.4 Å². The molecule has 0 unspecified atom stereocenters. The van der Waals surface area contributed by atoms with Crippen molar-refractivity contribution in [2.75, 3.05) is 13.1 Å². The molecule has 2 atom stereocenters. The van der Waals surface area contributed by atoms with E-state index in [1.165, 1.54) is 0 Å². The number of hydrogen-bond donors (Lipinski definition) is 1. The van der Waals surface area contributed by atoms with Gasteiger partial charge in [0.1, 0.15) is 5.82 Å². The predicted octanol–water partition coefficient (Wildman–Crippen LogP) is 0.767. The van der Waals surface area contributed by atoms with Gasteiger partial charge in [0.2, 0.25) is 5.91 Å². The van der Waals surface area contributed by atoms with Crippen LogP contribution in [0, 0.1) is 11.8 Å². The van der Waals surface area contributed by atoms with Gasteiger partial charge in [-0.3, -0.25) is 4.79 Å². The van der Waals surface area contributed by atoms with Gasteiger partial charge in [0, 0.05) is 32.0 Å². The van der Waals surface area contributed by atoms with E-state index in [0.717, 1.165) is 31.8 Å². The van der Waals surface area contributed by atoms with E-state index in [1.807, 2.05) is 17.8 Å². The molecule has 2 fully saturated rings. The van der Waals surface area contributed by atoms with Crippen molar-refractivity contribution in [3.8, 4) is 0 Å². The number of rotatable bonds is 4. The van der Waals surface area contributed by atoms with Gasteiger partial charge in [-0.05, 0) is 25.3 Å². The zero-order valence-electron chi connectivity index (χ0n) is 11.7. The lowest BCUT2D eigenvalue weighted by Crippen LogP contribution is -2.40. The second kappa shape index (κ2) is 4.96. The highest BCUT2D eigenvalue weighted by Crippen LogP contribution is 2.31. The Morgan fingerprint density at radius 2 is 2.32 bits per heavy atom. The van der Waals surface area contributed by atoms with Crippen molar-refractivity contribution >= 4 is 5.91 Å². The number of imidazole rings is 1. The molecule has 1 aliphatic heterocycles. The average molecular weight is 262 g/mol. The van der Waals surface area contributed by atoms with E-state index in [4.69, 9.17) is 0 Å². The average Bonchev–Trinajstić information content (AvgIpc) is 3.02. The largest absolute Gasteiger partial charge is 0.337 e. The van der Waals surface area contributed by atoms with Gasteiger partial charge in [0.05, 0.1) is 12.5 Å². The molecule has 0 radical (unpaired) electrons. The third-order valence-electron chi connectivity index (χ3n) is 4.34. The van der Waals surface area contributed by atoms with E-state index in [-0.39, 0.29) is 5.92 Å². The van der Waals surface area contributed by atoms with Crippen molar-refractivity contribution in [1.82, 2.24) is 19.8 Å². The molecule has 1 saturated carbocycles. The Morgan fingerprint density at radius 3 is 2.84 bits per heavy atom. The second-order valence-corrected chi connectivity index (χ2v) is 5.89. The number of nitrogens with one attached hydrogen (secondary N) is 1. The number of nitrogens with zero attached hydrogens (tertiary/aromatic N) is 3. The third-order valence-corrected chi connectivity index (χ3v) is 4.34. The van der Waals surface area contributed by atoms with Crippen LogP contribution in [0.2, 0.25) is 0 Å². The molecular weight excluding hydrogens is 240 g/mol. The highest BCUT2D eigenvalue weighted by Gasteiger charge is 2.39. The lowest BCUT2D eigenvalue weighted by atomic mass is 9.96. The van der Waals surface area contributed by atoms with Gasteiger partial charge >= 0.3 is 0 Å². The van der Waals surface area contributed by atoms with Crippen LogP contribution in [0.25, 0.3) is 0 Å². The summed E-state index contributed by atoms with van der Waals surface area (Å²) in [5.41, 5.74) is 0. The monoisotopic (exact) mass is 262 g/mol. The van der Waals surface area contributed by atoms with Crippen molar-refractivity contribution in [3.63, 3.8) is 0 Å². The Hall–Kier alpha value is -1.36. The van der Waals surface area contributed by atoms with E-state index in [9.17, 15) is 4.79 Å². The van der Waals surface area contributed by atoms with Crippen molar-refractivity contribution in [1.29, 1.82) is 0 Å². The highest BCUT2D eigenvalue weighted by atomic mass is 16.2. The fourth-order valence-electron chi connectivity index (χ4n) is 2.83. The van der Waals surface area contributed by atoms with E-state index in [2.05, 4.69) is 22.1 Å². The van der Waals surface area contributed by atoms with Crippen LogP contribution in [0.3, 0.4) is 0 Å². The number of carbonyl (C=O) groups excluding carboxylic acids is 1. The highest BCUT2D eigenvalue weighted by molar-refractivity contribution is 5.80. The maximum absolute atomic E-state index is 12.7. The summed E-state index contributed by atoms with van der Waals surface area (Å²) in [7, 11) is 1.98. The molecule has 1 aromatic heterocycles. The van der Waals surface area contributed by atoms with Gasteiger partial charge in [0.25, 0.3) is 0 Å². The minimum Gasteiger partial charge on any atom is -0.337 e. The number of hydrogen-bond acceptors (Lipinski definition) is 3. The minimum absolute atomic E-state index is 0.140. The lowest BCUT2D eigenvalue weighted by Gasteiger charge is -2.26. The van der Waals surface area contributed by atoms with Crippen molar-refractivity contribution in [2.24, 2.45) is 18.9 Å². The lowest BCUT2D eigenvalue weighted by molar-refractivity contribution is -0.137. The van der Waals surface area contributed by atoms with Gasteiger partial charge in [-0.1, -0.05) is 6.92 Å². The molecule has 19 heavy (non-hydrogen) atoms. The number of amides is 1. The van der Waals surface area contributed by atoms with Crippen LogP contribution in [0.4, 0.5) is 0 Å². The molecular formula is C14H22N4O. The maximum atomic E-state index is 12.7. The molecule has 1 aromatic rings. The molecule has 3 rings (SSSR count). The summed E-state index contributed by atoms with van der Waals surface area (Å²) in [5.74, 6) is 1.86. The Bertz CT molecular complexity index is 466. The Kier molecular flexibility index (Phi) is 3.31. The van der Waals surface area contributed by atoms with Crippen LogP contribution in [-0.2, 0) is 18.4 Å². The van der Waals surface area contributed by atoms with Crippen LogP contribution in [-0.4, -0.2) is 39.5 Å². The van der Waals surface area contributed by atoms with Gasteiger partial charge in [-0.15, -0.1) is 0 Å². The first kappa shape index (κ1) is 12.7. The Morgan fingerprint density at radius 1 is 1.53 bits per heavy atom. The number of carbonyl (C=O) groups is 1. The molecule has 0 aromatic carbocycles. The van der Waals surface area contributed by atoms with Crippen LogP contribution < -0.4 is 5.32 Å². The van der Waals surface area contributed by atoms with Gasteiger partial charge in [-0.25, -0.2) is 4.98 Å². The maximum Gasteiger partial charge on any atom is 0.227 e. The Balaban J connectivity index is 1.74. The number of aromatic nitrogens is 2. The zero-order valence-corrected chi connectivity index (χ0v) is 11.7. The summed E-state index contributed by atoms with van der Waals surface area (Å²) < 4.78 is 2.00. The smallest absolute Gasteiger partial charge is 0.227 e. The SMILES string of the molecule is C[C@@H]1CNC[C@H]1C(=O)N(Cc1nccn1C)C1CC1. The van der Waals surface area contributed by atoms with Crippen LogP contribution in [0.1, 0.15) is 25.6 Å². The summed E-state index contributed by atoms with van der Waals surface area (Å²) in [6.45, 7) is 4.59. The zero-order chi connectivity index (χ0) is 13.4. The van der Waals surface area contributed by atoms with Crippen molar-refractivity contribution in [3.05, 3.63) is 18.2 Å². The van der Waals surface area contributed by atoms with E-state index in [1.54, 1.807) is 6.20 Å². The number of aryl methyl sites for hydroxylation is 1. The standard InChI is InChI=1S/C14H22N4O/c1-10-7-15-8-12(10)14(19)18(11-3-4-11)9-13-16-5-6-17(13)2/h5-6,10-12,15H,3-4,7-9H2,1-2H3/t10-,12-/m1/s1. The quantitative estimate of drug-likeness (QED) is 0.872. The third kappa shape index (κ3) is 2.52. The Labute approximate surface area is 114 Å². The topological polar surface area (TPSA) is 50.2 Å². The molecule has 1 N–H and O–H groups in total. The second-order valence-electron chi connectivity index (χ2n) is 5.89. The fraction of sp³-hybridized carbons (Fsp3) is 0.714. The van der Waals surface area contributed by atoms with Crippen molar-refractivity contribution < 1.29 is 4.79 Å². The molecule has 1 amide bonds. The van der Waals surface area contributed by atoms with Crippen LogP contribution >= 0.6 is 0 Å². The first-order valence-corrected chi connectivity index (χ1v) is 7.14. The molecule has 5 nitrogen and oxygen atoms in total. The summed E-state index contributed by atoms with van der Waals surface area (Å²) >= 11 is 0.